The summed E-state index contributed by atoms with van der Waals surface area (Å²) in [6, 6.07) is 8.45. The van der Waals surface area contributed by atoms with E-state index in [1.807, 2.05) is 24.3 Å². The maximum Gasteiger partial charge on any atom is 0.227 e. The third kappa shape index (κ3) is 4.18. The molecule has 0 N–H and O–H groups in total. The van der Waals surface area contributed by atoms with E-state index in [1.165, 1.54) is 25.8 Å². The number of anilines is 1. The number of aromatic nitrogens is 3. The van der Waals surface area contributed by atoms with Crippen molar-refractivity contribution in [3.8, 4) is 11.5 Å². The van der Waals surface area contributed by atoms with Crippen molar-refractivity contribution in [2.24, 2.45) is 0 Å². The van der Waals surface area contributed by atoms with Gasteiger partial charge in [-0.25, -0.2) is 0 Å². The van der Waals surface area contributed by atoms with Crippen LogP contribution >= 0.6 is 0 Å². The maximum absolute atomic E-state index is 5.91. The highest BCUT2D eigenvalue weighted by Gasteiger charge is 2.30. The lowest BCUT2D eigenvalue weighted by Crippen LogP contribution is -2.33. The van der Waals surface area contributed by atoms with Crippen LogP contribution in [0, 0.1) is 0 Å². The molecule has 4 rings (SSSR count). The molecule has 7 nitrogen and oxygen atoms in total. The molecule has 1 aromatic carbocycles. The third-order valence-electron chi connectivity index (χ3n) is 5.43. The van der Waals surface area contributed by atoms with Gasteiger partial charge >= 0.3 is 0 Å². The predicted octanol–water partition coefficient (Wildman–Crippen LogP) is 2.56. The Morgan fingerprint density at radius 1 is 1.00 bits per heavy atom. The van der Waals surface area contributed by atoms with Crippen LogP contribution in [0.4, 0.5) is 5.95 Å². The molecular weight excluding hydrogens is 342 g/mol. The molecule has 0 radical (unpaired) electrons. The average Bonchev–Trinajstić information content (AvgIpc) is 3.50. The molecule has 27 heavy (non-hydrogen) atoms. The largest absolute Gasteiger partial charge is 0.497 e. The van der Waals surface area contributed by atoms with Crippen LogP contribution in [0.1, 0.15) is 32.0 Å². The Labute approximate surface area is 160 Å². The summed E-state index contributed by atoms with van der Waals surface area (Å²) in [5, 5.41) is 8.91. The van der Waals surface area contributed by atoms with Crippen LogP contribution in [-0.2, 0) is 13.2 Å². The fraction of sp³-hybridized carbons (Fsp3) is 0.600. The van der Waals surface area contributed by atoms with Gasteiger partial charge in [0.15, 0.2) is 5.82 Å². The Morgan fingerprint density at radius 2 is 1.78 bits per heavy atom. The smallest absolute Gasteiger partial charge is 0.227 e. The van der Waals surface area contributed by atoms with Gasteiger partial charge in [0, 0.05) is 38.8 Å². The van der Waals surface area contributed by atoms with Gasteiger partial charge in [-0.05, 0) is 50.5 Å². The maximum atomic E-state index is 5.91. The van der Waals surface area contributed by atoms with E-state index in [-0.39, 0.29) is 0 Å². The molecule has 1 aliphatic heterocycles. The van der Waals surface area contributed by atoms with E-state index in [4.69, 9.17) is 9.47 Å². The molecular formula is C20H29N5O2. The highest BCUT2D eigenvalue weighted by molar-refractivity contribution is 5.33. The van der Waals surface area contributed by atoms with E-state index in [9.17, 15) is 0 Å². The highest BCUT2D eigenvalue weighted by Crippen LogP contribution is 2.28. The van der Waals surface area contributed by atoms with Gasteiger partial charge in [-0.1, -0.05) is 0 Å². The highest BCUT2D eigenvalue weighted by atomic mass is 16.5. The summed E-state index contributed by atoms with van der Waals surface area (Å²) in [6.45, 7) is 7.78. The average molecular weight is 371 g/mol. The molecule has 0 bridgehead atoms. The van der Waals surface area contributed by atoms with Crippen molar-refractivity contribution in [1.82, 2.24) is 19.7 Å². The van der Waals surface area contributed by atoms with Gasteiger partial charge in [0.2, 0.25) is 5.95 Å². The lowest BCUT2D eigenvalue weighted by atomic mass is 10.3. The van der Waals surface area contributed by atoms with Crippen molar-refractivity contribution in [2.45, 2.75) is 45.4 Å². The van der Waals surface area contributed by atoms with Crippen molar-refractivity contribution in [3.05, 3.63) is 30.1 Å². The number of methoxy groups -OCH3 is 1. The quantitative estimate of drug-likeness (QED) is 0.746. The lowest BCUT2D eigenvalue weighted by molar-refractivity contribution is 0.283. The summed E-state index contributed by atoms with van der Waals surface area (Å²) >= 11 is 0. The Bertz CT molecular complexity index is 741. The van der Waals surface area contributed by atoms with Crippen LogP contribution in [0.3, 0.4) is 0 Å². The first-order valence-corrected chi connectivity index (χ1v) is 9.96. The first kappa shape index (κ1) is 18.1. The van der Waals surface area contributed by atoms with E-state index >= 15 is 0 Å². The summed E-state index contributed by atoms with van der Waals surface area (Å²) in [7, 11) is 1.66. The Hall–Kier alpha value is -2.28. The van der Waals surface area contributed by atoms with Gasteiger partial charge in [-0.3, -0.25) is 9.47 Å². The normalized spacial score (nSPS) is 18.4. The monoisotopic (exact) mass is 371 g/mol. The molecule has 2 aromatic rings. The predicted molar refractivity (Wildman–Crippen MR) is 104 cm³/mol. The Balaban J connectivity index is 1.41. The van der Waals surface area contributed by atoms with Crippen molar-refractivity contribution in [1.29, 1.82) is 0 Å². The van der Waals surface area contributed by atoms with E-state index in [1.54, 1.807) is 7.11 Å². The van der Waals surface area contributed by atoms with E-state index in [0.29, 0.717) is 6.61 Å². The van der Waals surface area contributed by atoms with Crippen LogP contribution in [0.2, 0.25) is 0 Å². The summed E-state index contributed by atoms with van der Waals surface area (Å²) in [5.74, 6) is 3.47. The summed E-state index contributed by atoms with van der Waals surface area (Å²) in [4.78, 5) is 5.02. The minimum absolute atomic E-state index is 0.412. The minimum Gasteiger partial charge on any atom is -0.497 e. The van der Waals surface area contributed by atoms with Gasteiger partial charge in [0.05, 0.1) is 7.11 Å². The molecule has 1 aliphatic carbocycles. The van der Waals surface area contributed by atoms with Gasteiger partial charge in [0.1, 0.15) is 18.1 Å². The third-order valence-corrected chi connectivity index (χ3v) is 5.43. The number of nitrogens with zero attached hydrogens (tertiary/aromatic N) is 5. The fourth-order valence-corrected chi connectivity index (χ4v) is 3.75. The minimum atomic E-state index is 0.412. The number of benzene rings is 1. The van der Waals surface area contributed by atoms with Gasteiger partial charge < -0.3 is 14.4 Å². The van der Waals surface area contributed by atoms with Crippen molar-refractivity contribution < 1.29 is 9.47 Å². The molecule has 0 unspecified atom stereocenters. The molecule has 1 saturated heterocycles. The second-order valence-electron chi connectivity index (χ2n) is 7.23. The zero-order valence-corrected chi connectivity index (χ0v) is 16.3. The molecule has 1 saturated carbocycles. The Kier molecular flexibility index (Phi) is 5.48. The molecule has 0 spiro atoms. The summed E-state index contributed by atoms with van der Waals surface area (Å²) in [5.41, 5.74) is 0. The topological polar surface area (TPSA) is 55.7 Å². The van der Waals surface area contributed by atoms with Crippen LogP contribution in [0.5, 0.6) is 11.5 Å². The van der Waals surface area contributed by atoms with Crippen LogP contribution in [0.15, 0.2) is 24.3 Å². The summed E-state index contributed by atoms with van der Waals surface area (Å²) < 4.78 is 13.3. The number of rotatable bonds is 7. The van der Waals surface area contributed by atoms with Crippen molar-refractivity contribution in [2.75, 3.05) is 38.2 Å². The first-order valence-electron chi connectivity index (χ1n) is 9.96. The van der Waals surface area contributed by atoms with Crippen LogP contribution < -0.4 is 14.4 Å². The molecule has 0 atom stereocenters. The molecule has 2 aliphatic rings. The van der Waals surface area contributed by atoms with E-state index in [2.05, 4.69) is 31.5 Å². The molecule has 7 heteroatoms. The Morgan fingerprint density at radius 3 is 2.48 bits per heavy atom. The second kappa shape index (κ2) is 8.17. The van der Waals surface area contributed by atoms with Gasteiger partial charge in [-0.15, -0.1) is 10.2 Å². The van der Waals surface area contributed by atoms with E-state index in [0.717, 1.165) is 55.5 Å². The number of hydrogen-bond donors (Lipinski definition) is 0. The van der Waals surface area contributed by atoms with Gasteiger partial charge in [-0.2, -0.15) is 0 Å². The lowest BCUT2D eigenvalue weighted by Gasteiger charge is -2.23. The van der Waals surface area contributed by atoms with E-state index < -0.39 is 0 Å². The molecule has 2 fully saturated rings. The molecule has 0 amide bonds. The molecule has 1 aromatic heterocycles. The second-order valence-corrected chi connectivity index (χ2v) is 7.23. The zero-order valence-electron chi connectivity index (χ0n) is 16.3. The standard InChI is InChI=1S/C20H29N5O2/c1-3-25-19(15-27-18-9-7-17(26-2)8-10-18)21-22-20(25)24-12-4-11-23(13-14-24)16-5-6-16/h7-10,16H,3-6,11-15H2,1-2H3. The number of hydrogen-bond acceptors (Lipinski definition) is 6. The van der Waals surface area contributed by atoms with Crippen LogP contribution in [0.25, 0.3) is 0 Å². The zero-order chi connectivity index (χ0) is 18.6. The molecule has 146 valence electrons. The summed E-state index contributed by atoms with van der Waals surface area (Å²) in [6.07, 6.45) is 3.93. The van der Waals surface area contributed by atoms with Crippen molar-refractivity contribution in [3.63, 3.8) is 0 Å². The van der Waals surface area contributed by atoms with Gasteiger partial charge in [0.25, 0.3) is 0 Å². The first-order chi connectivity index (χ1) is 13.3. The number of ether oxygens (including phenoxy) is 2. The molecule has 2 heterocycles. The SMILES string of the molecule is CCn1c(COc2ccc(OC)cc2)nnc1N1CCCN(C2CC2)CC1. The van der Waals surface area contributed by atoms with Crippen LogP contribution in [-0.4, -0.2) is 59.0 Å². The fourth-order valence-electron chi connectivity index (χ4n) is 3.75. The van der Waals surface area contributed by atoms with Crippen molar-refractivity contribution >= 4 is 5.95 Å².